The molecule has 1 saturated carbocycles. The van der Waals surface area contributed by atoms with Crippen molar-refractivity contribution in [1.82, 2.24) is 0 Å². The van der Waals surface area contributed by atoms with Crippen molar-refractivity contribution in [2.45, 2.75) is 71.1 Å². The first-order valence-corrected chi connectivity index (χ1v) is 9.48. The average molecular weight is 410 g/mol. The average Bonchev–Trinajstić information content (AvgIpc) is 2.78. The molecule has 0 aliphatic heterocycles. The molecule has 1 unspecified atom stereocenters. The van der Waals surface area contributed by atoms with Crippen LogP contribution >= 0.6 is 0 Å². The Hall–Kier alpha value is -2.23. The molecule has 0 N–H and O–H groups in total. The van der Waals surface area contributed by atoms with E-state index in [9.17, 15) is 4.79 Å². The second-order valence-electron chi connectivity index (χ2n) is 7.22. The molecule has 0 heterocycles. The highest BCUT2D eigenvalue weighted by Crippen LogP contribution is 2.50. The van der Waals surface area contributed by atoms with Crippen LogP contribution in [0.1, 0.15) is 82.0 Å². The van der Waals surface area contributed by atoms with Gasteiger partial charge in [-0.05, 0) is 61.7 Å². The number of hydrogen-bond acceptors (Lipinski definition) is 4. The van der Waals surface area contributed by atoms with Crippen molar-refractivity contribution in [1.29, 1.82) is 0 Å². The number of rotatable bonds is 9. The topological polar surface area (TPSA) is 44.8 Å². The van der Waals surface area contributed by atoms with Gasteiger partial charge in [-0.25, -0.2) is 0 Å². The van der Waals surface area contributed by atoms with Gasteiger partial charge in [0.05, 0.1) is 14.2 Å². The summed E-state index contributed by atoms with van der Waals surface area (Å²) in [6.07, 6.45) is -9.83. The molecule has 3 atom stereocenters. The maximum atomic E-state index is 12.0. The lowest BCUT2D eigenvalue weighted by Crippen LogP contribution is -2.36. The lowest BCUT2D eigenvalue weighted by atomic mass is 9.68. The van der Waals surface area contributed by atoms with Crippen molar-refractivity contribution in [2.24, 2.45) is 5.92 Å². The van der Waals surface area contributed by atoms with E-state index in [0.29, 0.717) is 24.0 Å². The third-order valence-electron chi connectivity index (χ3n) is 5.24. The number of hydrogen-bond donors (Lipinski definition) is 0. The zero-order valence-corrected chi connectivity index (χ0v) is 17.6. The van der Waals surface area contributed by atoms with Gasteiger partial charge in [0.25, 0.3) is 0 Å². The maximum absolute atomic E-state index is 12.0. The van der Waals surface area contributed by atoms with Gasteiger partial charge in [0.2, 0.25) is 0 Å². The summed E-state index contributed by atoms with van der Waals surface area (Å²) >= 11 is 0. The van der Waals surface area contributed by atoms with Crippen molar-refractivity contribution >= 4 is 5.97 Å². The fraction of sp³-hybridized carbons (Fsp3) is 0.560. The van der Waals surface area contributed by atoms with Gasteiger partial charge in [-0.2, -0.15) is 0 Å². The fourth-order valence-corrected chi connectivity index (χ4v) is 3.98. The first-order chi connectivity index (χ1) is 17.2. The summed E-state index contributed by atoms with van der Waals surface area (Å²) in [5.41, 5.74) is 2.31. The van der Waals surface area contributed by atoms with Crippen LogP contribution in [0.5, 0.6) is 11.5 Å². The highest BCUT2D eigenvalue weighted by atomic mass is 16.5. The van der Waals surface area contributed by atoms with E-state index in [1.807, 2.05) is 6.92 Å². The van der Waals surface area contributed by atoms with E-state index in [2.05, 4.69) is 13.2 Å². The van der Waals surface area contributed by atoms with Gasteiger partial charge < -0.3 is 14.2 Å². The van der Waals surface area contributed by atoms with Crippen LogP contribution in [0.25, 0.3) is 0 Å². The Morgan fingerprint density at radius 3 is 2.41 bits per heavy atom. The molecule has 0 amide bonds. The van der Waals surface area contributed by atoms with Crippen molar-refractivity contribution in [3.8, 4) is 11.5 Å². The molecule has 0 saturated heterocycles. The SMILES string of the molecule is [2H]C([2H])([2H])C([2H])([2H])C([2H])([2H])C([2H])([2H])Cc1cc(OC)c([C@H]2C(OC(C)=O)C(=C)CC[C@@H]2C(=C)C)c(OC)c1. The van der Waals surface area contributed by atoms with Gasteiger partial charge >= 0.3 is 5.97 Å². The quantitative estimate of drug-likeness (QED) is 0.371. The molecule has 2 rings (SSSR count). The molecule has 160 valence electrons. The zero-order chi connectivity index (χ0) is 29.4. The number of carbonyl (C=O) groups is 1. The van der Waals surface area contributed by atoms with Crippen molar-refractivity contribution in [3.05, 3.63) is 47.6 Å². The maximum Gasteiger partial charge on any atom is 0.303 e. The fourth-order valence-electron chi connectivity index (χ4n) is 3.98. The smallest absolute Gasteiger partial charge is 0.303 e. The Morgan fingerprint density at radius 2 is 1.90 bits per heavy atom. The third-order valence-corrected chi connectivity index (χ3v) is 5.24. The second-order valence-corrected chi connectivity index (χ2v) is 7.22. The Balaban J connectivity index is 2.68. The van der Waals surface area contributed by atoms with Crippen LogP contribution in [0.2, 0.25) is 0 Å². The Labute approximate surface area is 188 Å². The number of allylic oxidation sites excluding steroid dienone is 1. The van der Waals surface area contributed by atoms with E-state index < -0.39 is 50.4 Å². The van der Waals surface area contributed by atoms with E-state index in [-0.39, 0.29) is 23.0 Å². The van der Waals surface area contributed by atoms with E-state index >= 15 is 0 Å². The van der Waals surface area contributed by atoms with Gasteiger partial charge in [-0.15, -0.1) is 0 Å². The first-order valence-electron chi connectivity index (χ1n) is 14.0. The van der Waals surface area contributed by atoms with Gasteiger partial charge in [-0.1, -0.05) is 38.3 Å². The van der Waals surface area contributed by atoms with Crippen molar-refractivity contribution < 1.29 is 31.3 Å². The second kappa shape index (κ2) is 10.5. The number of esters is 1. The standard InChI is InChI=1S/C25H36O4/c1-8-9-10-11-19-14-21(27-6)24(22(15-19)28-7)23-20(16(2)3)13-12-17(4)25(23)29-18(5)26/h14-15,20,23,25H,2,4,8-13H2,1,3,5-7H3/t20-,23+,25?/m1/s1/i1D3,8D2,9D2,10D2. The molecular formula is C25H36O4. The van der Waals surface area contributed by atoms with Crippen LogP contribution in [-0.4, -0.2) is 26.3 Å². The van der Waals surface area contributed by atoms with Crippen LogP contribution in [-0.2, 0) is 16.0 Å². The summed E-state index contributed by atoms with van der Waals surface area (Å²) < 4.78 is 88.0. The molecule has 0 spiro atoms. The van der Waals surface area contributed by atoms with Gasteiger partial charge in [-0.3, -0.25) is 4.79 Å². The van der Waals surface area contributed by atoms with Crippen LogP contribution < -0.4 is 9.47 Å². The van der Waals surface area contributed by atoms with Gasteiger partial charge in [0, 0.05) is 30.7 Å². The Bertz CT molecular complexity index is 1050. The largest absolute Gasteiger partial charge is 0.496 e. The zero-order valence-electron chi connectivity index (χ0n) is 26.6. The predicted molar refractivity (Wildman–Crippen MR) is 118 cm³/mol. The number of aryl methyl sites for hydroxylation is 1. The monoisotopic (exact) mass is 409 g/mol. The number of benzene rings is 1. The molecule has 1 aromatic rings. The third kappa shape index (κ3) is 5.43. The molecule has 0 aromatic heterocycles. The Morgan fingerprint density at radius 1 is 1.24 bits per heavy atom. The number of ether oxygens (including phenoxy) is 3. The van der Waals surface area contributed by atoms with Gasteiger partial charge in [0.15, 0.2) is 0 Å². The lowest BCUT2D eigenvalue weighted by molar-refractivity contribution is -0.146. The summed E-state index contributed by atoms with van der Waals surface area (Å²) in [6.45, 7) is 8.01. The molecule has 1 aliphatic rings. The Kier molecular flexibility index (Phi) is 4.77. The minimum atomic E-state index is -3.47. The van der Waals surface area contributed by atoms with Gasteiger partial charge in [0.1, 0.15) is 17.6 Å². The van der Waals surface area contributed by atoms with Crippen molar-refractivity contribution in [2.75, 3.05) is 14.2 Å². The highest BCUT2D eigenvalue weighted by molar-refractivity contribution is 5.67. The molecular weight excluding hydrogens is 364 g/mol. The van der Waals surface area contributed by atoms with Crippen LogP contribution in [0.4, 0.5) is 0 Å². The molecule has 4 nitrogen and oxygen atoms in total. The molecule has 0 radical (unpaired) electrons. The van der Waals surface area contributed by atoms with E-state index in [0.717, 1.165) is 5.57 Å². The van der Waals surface area contributed by atoms with Crippen LogP contribution in [0, 0.1) is 5.92 Å². The molecule has 4 heteroatoms. The molecule has 1 aromatic carbocycles. The molecule has 1 fully saturated rings. The lowest BCUT2D eigenvalue weighted by Gasteiger charge is -2.40. The van der Waals surface area contributed by atoms with Crippen LogP contribution in [0.3, 0.4) is 0 Å². The summed E-state index contributed by atoms with van der Waals surface area (Å²) in [6, 6.07) is 2.96. The first kappa shape index (κ1) is 13.1. The summed E-state index contributed by atoms with van der Waals surface area (Å²) in [5.74, 6) is -0.581. The molecule has 29 heavy (non-hydrogen) atoms. The normalized spacial score (nSPS) is 28.1. The minimum Gasteiger partial charge on any atom is -0.496 e. The summed E-state index contributed by atoms with van der Waals surface area (Å²) in [4.78, 5) is 12.0. The number of methoxy groups -OCH3 is 2. The van der Waals surface area contributed by atoms with Crippen LogP contribution in [0.15, 0.2) is 36.4 Å². The number of carbonyl (C=O) groups excluding carboxylic acids is 1. The predicted octanol–water partition coefficient (Wildman–Crippen LogP) is 5.99. The summed E-state index contributed by atoms with van der Waals surface area (Å²) in [7, 11) is 2.80. The van der Waals surface area contributed by atoms with E-state index in [4.69, 9.17) is 26.5 Å². The molecule has 0 bridgehead atoms. The van der Waals surface area contributed by atoms with E-state index in [1.54, 1.807) is 0 Å². The summed E-state index contributed by atoms with van der Waals surface area (Å²) in [5, 5.41) is 0. The van der Waals surface area contributed by atoms with Crippen molar-refractivity contribution in [3.63, 3.8) is 0 Å². The highest BCUT2D eigenvalue weighted by Gasteiger charge is 2.42. The van der Waals surface area contributed by atoms with E-state index in [1.165, 1.54) is 33.3 Å². The minimum absolute atomic E-state index is 0.134. The molecule has 1 aliphatic carbocycles.